The van der Waals surface area contributed by atoms with E-state index in [4.69, 9.17) is 0 Å². The second kappa shape index (κ2) is 6.35. The predicted octanol–water partition coefficient (Wildman–Crippen LogP) is 3.17. The van der Waals surface area contributed by atoms with Crippen molar-refractivity contribution < 1.29 is 0 Å². The molecule has 1 atom stereocenters. The Morgan fingerprint density at radius 1 is 1.14 bits per heavy atom. The monoisotopic (exact) mass is 281 g/mol. The van der Waals surface area contributed by atoms with Crippen molar-refractivity contribution in [3.05, 3.63) is 58.7 Å². The molecule has 3 rings (SSSR count). The van der Waals surface area contributed by atoms with E-state index >= 15 is 0 Å². The Bertz CT molecular complexity index is 604. The summed E-state index contributed by atoms with van der Waals surface area (Å²) >= 11 is 0. The second-order valence-electron chi connectivity index (χ2n) is 5.85. The molecule has 1 aromatic heterocycles. The molecule has 3 nitrogen and oxygen atoms in total. The standard InChI is InChI=1S/C18H23N3/c1-3-19-17(18-12-20-13(2)11-21-18)10-14-7-8-15-5-4-6-16(15)9-14/h7-9,11-12,17,19H,3-6,10H2,1-2H3. The Labute approximate surface area is 126 Å². The van der Waals surface area contributed by atoms with Gasteiger partial charge in [0.15, 0.2) is 0 Å². The van der Waals surface area contributed by atoms with Gasteiger partial charge in [0.25, 0.3) is 0 Å². The van der Waals surface area contributed by atoms with Crippen LogP contribution in [0.2, 0.25) is 0 Å². The molecule has 0 saturated carbocycles. The summed E-state index contributed by atoms with van der Waals surface area (Å²) in [6, 6.07) is 7.20. The lowest BCUT2D eigenvalue weighted by Gasteiger charge is -2.18. The Morgan fingerprint density at radius 2 is 2.00 bits per heavy atom. The highest BCUT2D eigenvalue weighted by Crippen LogP contribution is 2.25. The smallest absolute Gasteiger partial charge is 0.0759 e. The molecule has 0 fully saturated rings. The van der Waals surface area contributed by atoms with Crippen molar-refractivity contribution in [2.24, 2.45) is 0 Å². The molecule has 0 spiro atoms. The van der Waals surface area contributed by atoms with Crippen LogP contribution in [-0.4, -0.2) is 16.5 Å². The summed E-state index contributed by atoms with van der Waals surface area (Å²) in [7, 11) is 0. The highest BCUT2D eigenvalue weighted by molar-refractivity contribution is 5.35. The summed E-state index contributed by atoms with van der Waals surface area (Å²) in [5.41, 5.74) is 6.46. The van der Waals surface area contributed by atoms with Gasteiger partial charge in [-0.1, -0.05) is 25.1 Å². The Hall–Kier alpha value is -1.74. The third-order valence-electron chi connectivity index (χ3n) is 4.21. The number of rotatable bonds is 5. The fraction of sp³-hybridized carbons (Fsp3) is 0.444. The third-order valence-corrected chi connectivity index (χ3v) is 4.21. The van der Waals surface area contributed by atoms with Crippen LogP contribution in [0.1, 0.15) is 47.5 Å². The van der Waals surface area contributed by atoms with Gasteiger partial charge in [-0.3, -0.25) is 9.97 Å². The van der Waals surface area contributed by atoms with Crippen molar-refractivity contribution in [1.82, 2.24) is 15.3 Å². The van der Waals surface area contributed by atoms with Gasteiger partial charge in [-0.05, 0) is 55.8 Å². The van der Waals surface area contributed by atoms with Gasteiger partial charge in [0.1, 0.15) is 0 Å². The largest absolute Gasteiger partial charge is 0.309 e. The SMILES string of the molecule is CCNC(Cc1ccc2c(c1)CCC2)c1cnc(C)cn1. The van der Waals surface area contributed by atoms with Gasteiger partial charge < -0.3 is 5.32 Å². The lowest BCUT2D eigenvalue weighted by molar-refractivity contribution is 0.534. The van der Waals surface area contributed by atoms with Gasteiger partial charge in [-0.2, -0.15) is 0 Å². The summed E-state index contributed by atoms with van der Waals surface area (Å²) in [5.74, 6) is 0. The van der Waals surface area contributed by atoms with Crippen LogP contribution >= 0.6 is 0 Å². The van der Waals surface area contributed by atoms with Gasteiger partial charge in [-0.25, -0.2) is 0 Å². The molecule has 21 heavy (non-hydrogen) atoms. The van der Waals surface area contributed by atoms with Crippen molar-refractivity contribution in [1.29, 1.82) is 0 Å². The molecular weight excluding hydrogens is 258 g/mol. The zero-order chi connectivity index (χ0) is 14.7. The minimum Gasteiger partial charge on any atom is -0.309 e. The lowest BCUT2D eigenvalue weighted by Crippen LogP contribution is -2.24. The van der Waals surface area contributed by atoms with Crippen molar-refractivity contribution in [3.63, 3.8) is 0 Å². The van der Waals surface area contributed by atoms with Gasteiger partial charge in [0, 0.05) is 6.20 Å². The third kappa shape index (κ3) is 3.30. The molecule has 3 heteroatoms. The van der Waals surface area contributed by atoms with E-state index in [9.17, 15) is 0 Å². The number of nitrogens with one attached hydrogen (secondary N) is 1. The first-order chi connectivity index (χ1) is 10.3. The fourth-order valence-corrected chi connectivity index (χ4v) is 3.10. The first-order valence-corrected chi connectivity index (χ1v) is 7.89. The Balaban J connectivity index is 1.80. The van der Waals surface area contributed by atoms with Crippen LogP contribution < -0.4 is 5.32 Å². The molecule has 1 aromatic carbocycles. The highest BCUT2D eigenvalue weighted by Gasteiger charge is 2.15. The zero-order valence-electron chi connectivity index (χ0n) is 12.9. The average molecular weight is 281 g/mol. The number of aromatic nitrogens is 2. The van der Waals surface area contributed by atoms with Gasteiger partial charge >= 0.3 is 0 Å². The van der Waals surface area contributed by atoms with Gasteiger partial charge in [0.2, 0.25) is 0 Å². The Kier molecular flexibility index (Phi) is 4.30. The van der Waals surface area contributed by atoms with Crippen LogP contribution in [0.3, 0.4) is 0 Å². The maximum Gasteiger partial charge on any atom is 0.0759 e. The highest BCUT2D eigenvalue weighted by atomic mass is 14.9. The number of hydrogen-bond acceptors (Lipinski definition) is 3. The minimum atomic E-state index is 0.238. The molecule has 0 amide bonds. The quantitative estimate of drug-likeness (QED) is 0.914. The van der Waals surface area contributed by atoms with Crippen LogP contribution in [0.4, 0.5) is 0 Å². The topological polar surface area (TPSA) is 37.8 Å². The van der Waals surface area contributed by atoms with E-state index in [2.05, 4.69) is 40.4 Å². The van der Waals surface area contributed by atoms with Gasteiger partial charge in [-0.15, -0.1) is 0 Å². The molecule has 1 heterocycles. The number of hydrogen-bond donors (Lipinski definition) is 1. The van der Waals surface area contributed by atoms with Crippen molar-refractivity contribution in [2.45, 2.75) is 45.6 Å². The van der Waals surface area contributed by atoms with E-state index in [-0.39, 0.29) is 6.04 Å². The van der Waals surface area contributed by atoms with Crippen LogP contribution in [0.25, 0.3) is 0 Å². The summed E-state index contributed by atoms with van der Waals surface area (Å²) in [6.45, 7) is 5.04. The predicted molar refractivity (Wildman–Crippen MR) is 85.4 cm³/mol. The van der Waals surface area contributed by atoms with Crippen LogP contribution in [0.15, 0.2) is 30.6 Å². The lowest BCUT2D eigenvalue weighted by atomic mass is 9.99. The van der Waals surface area contributed by atoms with Crippen molar-refractivity contribution >= 4 is 0 Å². The number of aryl methyl sites for hydroxylation is 3. The molecule has 0 bridgehead atoms. The number of nitrogens with zero attached hydrogens (tertiary/aromatic N) is 2. The van der Waals surface area contributed by atoms with E-state index in [1.165, 1.54) is 36.0 Å². The van der Waals surface area contributed by atoms with Gasteiger partial charge in [0.05, 0.1) is 23.6 Å². The minimum absolute atomic E-state index is 0.238. The van der Waals surface area contributed by atoms with E-state index in [0.717, 1.165) is 24.4 Å². The summed E-state index contributed by atoms with van der Waals surface area (Å²) in [4.78, 5) is 8.92. The molecule has 110 valence electrons. The zero-order valence-corrected chi connectivity index (χ0v) is 12.9. The first kappa shape index (κ1) is 14.2. The molecule has 0 saturated heterocycles. The fourth-order valence-electron chi connectivity index (χ4n) is 3.10. The molecule has 1 unspecified atom stereocenters. The molecular formula is C18H23N3. The average Bonchev–Trinajstić information content (AvgIpc) is 2.95. The van der Waals surface area contributed by atoms with E-state index in [1.807, 2.05) is 19.3 Å². The van der Waals surface area contributed by atoms with Crippen LogP contribution in [0.5, 0.6) is 0 Å². The number of benzene rings is 1. The molecule has 2 aromatic rings. The van der Waals surface area contributed by atoms with E-state index in [1.54, 1.807) is 0 Å². The number of fused-ring (bicyclic) bond motifs is 1. The molecule has 0 aliphatic heterocycles. The summed E-state index contributed by atoms with van der Waals surface area (Å²) < 4.78 is 0. The van der Waals surface area contributed by atoms with E-state index in [0.29, 0.717) is 0 Å². The van der Waals surface area contributed by atoms with Crippen LogP contribution in [-0.2, 0) is 19.3 Å². The number of likely N-dealkylation sites (N-methyl/N-ethyl adjacent to an activating group) is 1. The normalized spacial score (nSPS) is 15.0. The molecule has 1 N–H and O–H groups in total. The summed E-state index contributed by atoms with van der Waals surface area (Å²) in [5, 5.41) is 3.53. The summed E-state index contributed by atoms with van der Waals surface area (Å²) in [6.07, 6.45) is 8.51. The maximum atomic E-state index is 4.54. The molecule has 0 radical (unpaired) electrons. The first-order valence-electron chi connectivity index (χ1n) is 7.89. The van der Waals surface area contributed by atoms with Crippen molar-refractivity contribution in [3.8, 4) is 0 Å². The Morgan fingerprint density at radius 3 is 2.76 bits per heavy atom. The second-order valence-corrected chi connectivity index (χ2v) is 5.85. The molecule has 1 aliphatic rings. The molecule has 1 aliphatic carbocycles. The van der Waals surface area contributed by atoms with E-state index < -0.39 is 0 Å². The maximum absolute atomic E-state index is 4.54. The van der Waals surface area contributed by atoms with Crippen LogP contribution in [0, 0.1) is 6.92 Å². The van der Waals surface area contributed by atoms with Crippen molar-refractivity contribution in [2.75, 3.05) is 6.54 Å².